The average molecular weight is 908 g/mol. The minimum atomic E-state index is 0. The van der Waals surface area contributed by atoms with Crippen molar-refractivity contribution in [3.8, 4) is 0 Å². The molecular formula is C55H75Cl2CoN3. The van der Waals surface area contributed by atoms with Gasteiger partial charge in [-0.05, 0) is 158 Å². The maximum atomic E-state index is 5.55. The maximum Gasteiger partial charge on any atom is 2.00 e. The molecule has 0 aliphatic heterocycles. The van der Waals surface area contributed by atoms with E-state index in [1.807, 2.05) is 0 Å². The summed E-state index contributed by atoms with van der Waals surface area (Å²) in [6.07, 6.45) is 45.1. The van der Waals surface area contributed by atoms with Gasteiger partial charge in [0.2, 0.25) is 0 Å². The molecule has 6 heteroatoms. The summed E-state index contributed by atoms with van der Waals surface area (Å²) in [5.74, 6) is 4.02. The first kappa shape index (κ1) is 48.5. The molecule has 333 valence electrons. The van der Waals surface area contributed by atoms with Crippen LogP contribution in [0.3, 0.4) is 0 Å². The number of rotatable bonds is 10. The fourth-order valence-corrected chi connectivity index (χ4v) is 12.8. The Balaban J connectivity index is 0.00000207. The van der Waals surface area contributed by atoms with Crippen molar-refractivity contribution in [1.29, 1.82) is 0 Å². The standard InChI is InChI=1S/C55H75N3.2ClH.Co/c1-7-20-40(21-8-1)46-34-50(42-24-11-3-12-25-42)54(51(35-46)43-26-13-4-14-27-43)56-38-48-32-19-33-49(58-48)39-57-55-52(44-28-15-5-16-29-44)36-47(41-22-9-2-10-23-41)37-53(55)45-30-17-6-18-31-45;;;/h19,32-45H,1-18,20-31H2;2*1H;/q;;;+2/p-2. The zero-order valence-corrected chi connectivity index (χ0v) is 39.9. The monoisotopic (exact) mass is 906 g/mol. The molecule has 0 saturated heterocycles. The van der Waals surface area contributed by atoms with E-state index in [9.17, 15) is 0 Å². The van der Waals surface area contributed by atoms with Crippen molar-refractivity contribution in [2.75, 3.05) is 0 Å². The van der Waals surface area contributed by atoms with E-state index in [2.05, 4.69) is 54.9 Å². The van der Waals surface area contributed by atoms with Gasteiger partial charge in [-0.2, -0.15) is 0 Å². The molecule has 1 aromatic heterocycles. The van der Waals surface area contributed by atoms with Crippen LogP contribution in [0, 0.1) is 0 Å². The van der Waals surface area contributed by atoms with E-state index in [1.54, 1.807) is 33.4 Å². The van der Waals surface area contributed by atoms with Crippen molar-refractivity contribution in [1.82, 2.24) is 4.98 Å². The number of pyridine rings is 1. The van der Waals surface area contributed by atoms with Crippen LogP contribution in [-0.4, -0.2) is 17.4 Å². The molecule has 6 fully saturated rings. The van der Waals surface area contributed by atoms with Gasteiger partial charge in [0, 0.05) is 0 Å². The van der Waals surface area contributed by atoms with E-state index in [0.717, 1.165) is 23.2 Å². The predicted molar refractivity (Wildman–Crippen MR) is 247 cm³/mol. The van der Waals surface area contributed by atoms with Gasteiger partial charge in [-0.15, -0.1) is 0 Å². The number of benzene rings is 2. The van der Waals surface area contributed by atoms with Crippen LogP contribution in [-0.2, 0) is 16.8 Å². The van der Waals surface area contributed by atoms with Crippen molar-refractivity contribution in [3.05, 3.63) is 87.2 Å². The third-order valence-electron chi connectivity index (χ3n) is 16.2. The number of hydrogen-bond donors (Lipinski definition) is 0. The molecule has 0 spiro atoms. The summed E-state index contributed by atoms with van der Waals surface area (Å²) in [6.45, 7) is 0. The molecule has 6 aliphatic carbocycles. The number of aliphatic imine (C=N–C) groups is 2. The van der Waals surface area contributed by atoms with Gasteiger partial charge < -0.3 is 24.8 Å². The van der Waals surface area contributed by atoms with Crippen LogP contribution in [0.4, 0.5) is 11.4 Å². The molecule has 2 aromatic carbocycles. The summed E-state index contributed by atoms with van der Waals surface area (Å²) in [5.41, 5.74) is 14.1. The molecule has 61 heavy (non-hydrogen) atoms. The van der Waals surface area contributed by atoms with E-state index in [1.165, 1.54) is 204 Å². The van der Waals surface area contributed by atoms with Gasteiger partial charge in [0.1, 0.15) is 0 Å². The topological polar surface area (TPSA) is 37.6 Å². The van der Waals surface area contributed by atoms with Gasteiger partial charge >= 0.3 is 16.8 Å². The van der Waals surface area contributed by atoms with E-state index in [-0.39, 0.29) is 41.6 Å². The minimum absolute atomic E-state index is 0. The molecule has 3 aromatic rings. The number of aromatic nitrogens is 1. The Hall–Kier alpha value is -1.98. The van der Waals surface area contributed by atoms with Gasteiger partial charge in [0.25, 0.3) is 0 Å². The summed E-state index contributed by atoms with van der Waals surface area (Å²) in [7, 11) is 0. The summed E-state index contributed by atoms with van der Waals surface area (Å²) < 4.78 is 0. The second kappa shape index (κ2) is 24.3. The van der Waals surface area contributed by atoms with Crippen LogP contribution >= 0.6 is 0 Å². The van der Waals surface area contributed by atoms with Gasteiger partial charge in [-0.1, -0.05) is 146 Å². The number of hydrogen-bond acceptors (Lipinski definition) is 3. The Morgan fingerprint density at radius 1 is 0.361 bits per heavy atom. The first-order valence-corrected chi connectivity index (χ1v) is 25.2. The van der Waals surface area contributed by atoms with Gasteiger partial charge in [-0.25, -0.2) is 4.98 Å². The molecule has 3 nitrogen and oxygen atoms in total. The summed E-state index contributed by atoms with van der Waals surface area (Å²) in [6, 6.07) is 17.2. The minimum Gasteiger partial charge on any atom is -1.00 e. The molecular weight excluding hydrogens is 832 g/mol. The zero-order valence-electron chi connectivity index (χ0n) is 37.3. The number of nitrogens with zero attached hydrogens (tertiary/aromatic N) is 3. The van der Waals surface area contributed by atoms with E-state index in [4.69, 9.17) is 15.0 Å². The van der Waals surface area contributed by atoms with Crippen molar-refractivity contribution in [2.45, 2.75) is 228 Å². The molecule has 0 N–H and O–H groups in total. The molecule has 9 rings (SSSR count). The molecule has 0 unspecified atom stereocenters. The molecule has 0 bridgehead atoms. The van der Waals surface area contributed by atoms with Crippen molar-refractivity contribution >= 4 is 23.8 Å². The maximum absolute atomic E-state index is 5.55. The molecule has 1 radical (unpaired) electrons. The summed E-state index contributed by atoms with van der Waals surface area (Å²) >= 11 is 0. The first-order valence-electron chi connectivity index (χ1n) is 25.2. The van der Waals surface area contributed by atoms with Crippen LogP contribution in [0.1, 0.15) is 273 Å². The average Bonchev–Trinajstić information content (AvgIpc) is 3.31. The fraction of sp³-hybridized carbons (Fsp3) is 0.655. The van der Waals surface area contributed by atoms with Crippen LogP contribution in [0.5, 0.6) is 0 Å². The van der Waals surface area contributed by atoms with Crippen LogP contribution in [0.25, 0.3) is 0 Å². The van der Waals surface area contributed by atoms with Crippen molar-refractivity contribution in [3.63, 3.8) is 0 Å². The molecule has 0 amide bonds. The fourth-order valence-electron chi connectivity index (χ4n) is 12.8. The second-order valence-corrected chi connectivity index (χ2v) is 20.1. The van der Waals surface area contributed by atoms with Crippen molar-refractivity contribution in [2.24, 2.45) is 9.98 Å². The first-order chi connectivity index (χ1) is 28.8. The Kier molecular flexibility index (Phi) is 19.3. The third-order valence-corrected chi connectivity index (χ3v) is 16.2. The zero-order chi connectivity index (χ0) is 38.9. The van der Waals surface area contributed by atoms with E-state index >= 15 is 0 Å². The van der Waals surface area contributed by atoms with Crippen LogP contribution < -0.4 is 24.8 Å². The Morgan fingerprint density at radius 3 is 0.869 bits per heavy atom. The van der Waals surface area contributed by atoms with Crippen LogP contribution in [0.15, 0.2) is 52.4 Å². The van der Waals surface area contributed by atoms with E-state index < -0.39 is 0 Å². The SMILES string of the molecule is C(=Nc1c(C2CCCCC2)cc(C2CCCCC2)cc1C1CCCCC1)c1cccc(C=Nc2c(C3CCCCC3)cc(C3CCCCC3)cc2C2CCCCC2)n1.[Cl-].[Cl-].[Co+2]. The summed E-state index contributed by atoms with van der Waals surface area (Å²) in [4.78, 5) is 16.3. The van der Waals surface area contributed by atoms with Gasteiger partial charge in [-0.3, -0.25) is 9.98 Å². The van der Waals surface area contributed by atoms with E-state index in [0.29, 0.717) is 23.7 Å². The Labute approximate surface area is 393 Å². The van der Waals surface area contributed by atoms with Crippen molar-refractivity contribution < 1.29 is 41.6 Å². The molecule has 0 atom stereocenters. The quantitative estimate of drug-likeness (QED) is 0.187. The largest absolute Gasteiger partial charge is 2.00 e. The Morgan fingerprint density at radius 2 is 0.607 bits per heavy atom. The third kappa shape index (κ3) is 12.2. The van der Waals surface area contributed by atoms with Gasteiger partial charge in [0.15, 0.2) is 0 Å². The predicted octanol–water partition coefficient (Wildman–Crippen LogP) is 10.9. The summed E-state index contributed by atoms with van der Waals surface area (Å²) in [5, 5.41) is 0. The number of halogens is 2. The second-order valence-electron chi connectivity index (χ2n) is 20.1. The molecule has 6 aliphatic rings. The smallest absolute Gasteiger partial charge is 1.00 e. The Bertz CT molecular complexity index is 1640. The van der Waals surface area contributed by atoms with Gasteiger partial charge in [0.05, 0.1) is 35.2 Å². The molecule has 6 saturated carbocycles. The molecule has 1 heterocycles. The normalized spacial score (nSPS) is 22.2. The van der Waals surface area contributed by atoms with Crippen LogP contribution in [0.2, 0.25) is 0 Å².